The molecule has 28 heavy (non-hydrogen) atoms. The van der Waals surface area contributed by atoms with Crippen molar-refractivity contribution in [2.24, 2.45) is 0 Å². The molecule has 9 heteroatoms. The summed E-state index contributed by atoms with van der Waals surface area (Å²) in [7, 11) is -3.88. The highest BCUT2D eigenvalue weighted by Crippen LogP contribution is 2.08. The number of rotatable bonds is 8. The lowest BCUT2D eigenvalue weighted by atomic mass is 10.2. The molecule has 0 radical (unpaired) electrons. The smallest absolute Gasteiger partial charge is 0.324 e. The number of sulfonamides is 1. The van der Waals surface area contributed by atoms with E-state index in [2.05, 4.69) is 10.0 Å². The summed E-state index contributed by atoms with van der Waals surface area (Å²) in [4.78, 5) is 23.6. The van der Waals surface area contributed by atoms with Gasteiger partial charge >= 0.3 is 5.97 Å². The molecule has 0 aliphatic rings. The second-order valence-electron chi connectivity index (χ2n) is 5.76. The fourth-order valence-corrected chi connectivity index (χ4v) is 3.06. The zero-order chi connectivity index (χ0) is 20.6. The standard InChI is InChI=1S/C19H19FN2O5S/c1-14(22-28(25,26)12-11-15-5-3-2-4-6-15)19(24)27-13-18(23)21-17-9-7-16(20)8-10-17/h2-12,14,22H,13H2,1H3,(H,21,23)/b12-11+/t14-/m0/s1. The average molecular weight is 406 g/mol. The predicted molar refractivity (Wildman–Crippen MR) is 103 cm³/mol. The molecule has 1 amide bonds. The van der Waals surface area contributed by atoms with Crippen LogP contribution in [0.15, 0.2) is 60.0 Å². The number of benzene rings is 2. The van der Waals surface area contributed by atoms with Crippen molar-refractivity contribution in [2.75, 3.05) is 11.9 Å². The summed E-state index contributed by atoms with van der Waals surface area (Å²) in [5.41, 5.74) is 1.02. The second-order valence-corrected chi connectivity index (χ2v) is 7.36. The Bertz CT molecular complexity index is 944. The molecule has 0 fully saturated rings. The summed E-state index contributed by atoms with van der Waals surface area (Å²) in [6, 6.07) is 12.6. The number of ether oxygens (including phenoxy) is 1. The van der Waals surface area contributed by atoms with E-state index < -0.39 is 40.4 Å². The van der Waals surface area contributed by atoms with Crippen LogP contribution in [0.3, 0.4) is 0 Å². The lowest BCUT2D eigenvalue weighted by Crippen LogP contribution is -2.39. The molecular formula is C19H19FN2O5S. The van der Waals surface area contributed by atoms with Crippen LogP contribution in [0.2, 0.25) is 0 Å². The molecule has 148 valence electrons. The normalized spacial score (nSPS) is 12.5. The van der Waals surface area contributed by atoms with Crippen LogP contribution in [0.4, 0.5) is 10.1 Å². The maximum Gasteiger partial charge on any atom is 0.324 e. The molecule has 0 aliphatic carbocycles. The molecule has 0 bridgehead atoms. The van der Waals surface area contributed by atoms with E-state index in [4.69, 9.17) is 4.74 Å². The van der Waals surface area contributed by atoms with E-state index in [0.717, 1.165) is 5.41 Å². The van der Waals surface area contributed by atoms with Gasteiger partial charge in [0.25, 0.3) is 5.91 Å². The van der Waals surface area contributed by atoms with Gasteiger partial charge in [0.05, 0.1) is 0 Å². The van der Waals surface area contributed by atoms with E-state index in [1.807, 2.05) is 0 Å². The molecular weight excluding hydrogens is 387 g/mol. The van der Waals surface area contributed by atoms with Gasteiger partial charge in [0, 0.05) is 11.1 Å². The highest BCUT2D eigenvalue weighted by atomic mass is 32.2. The molecule has 0 spiro atoms. The molecule has 2 N–H and O–H groups in total. The monoisotopic (exact) mass is 406 g/mol. The first-order chi connectivity index (χ1) is 13.2. The van der Waals surface area contributed by atoms with Crippen LogP contribution < -0.4 is 10.0 Å². The Morgan fingerprint density at radius 1 is 1.11 bits per heavy atom. The van der Waals surface area contributed by atoms with E-state index in [1.165, 1.54) is 37.3 Å². The Kier molecular flexibility index (Phi) is 7.42. The van der Waals surface area contributed by atoms with E-state index in [1.54, 1.807) is 30.3 Å². The maximum atomic E-state index is 12.8. The highest BCUT2D eigenvalue weighted by molar-refractivity contribution is 7.92. The second kappa shape index (κ2) is 9.77. The van der Waals surface area contributed by atoms with Gasteiger partial charge in [-0.15, -0.1) is 0 Å². The highest BCUT2D eigenvalue weighted by Gasteiger charge is 2.20. The molecule has 2 aromatic carbocycles. The molecule has 2 rings (SSSR count). The third-order valence-electron chi connectivity index (χ3n) is 3.41. The van der Waals surface area contributed by atoms with Crippen molar-refractivity contribution >= 4 is 33.7 Å². The lowest BCUT2D eigenvalue weighted by Gasteiger charge is -2.12. The van der Waals surface area contributed by atoms with Crippen molar-refractivity contribution in [3.63, 3.8) is 0 Å². The summed E-state index contributed by atoms with van der Waals surface area (Å²) in [5.74, 6) is -2.00. The van der Waals surface area contributed by atoms with Crippen molar-refractivity contribution in [3.8, 4) is 0 Å². The van der Waals surface area contributed by atoms with Crippen LogP contribution in [0.25, 0.3) is 6.08 Å². The molecule has 0 heterocycles. The molecule has 0 aliphatic heterocycles. The Hall–Kier alpha value is -3.04. The number of carbonyl (C=O) groups is 2. The number of esters is 1. The fourth-order valence-electron chi connectivity index (χ4n) is 2.06. The van der Waals surface area contributed by atoms with Crippen molar-refractivity contribution in [1.82, 2.24) is 4.72 Å². The van der Waals surface area contributed by atoms with Gasteiger partial charge in [0.1, 0.15) is 11.9 Å². The maximum absolute atomic E-state index is 12.8. The zero-order valence-electron chi connectivity index (χ0n) is 15.0. The Morgan fingerprint density at radius 2 is 1.75 bits per heavy atom. The SMILES string of the molecule is C[C@H](NS(=O)(=O)/C=C/c1ccccc1)C(=O)OCC(=O)Nc1ccc(F)cc1. The van der Waals surface area contributed by atoms with Gasteiger partial charge in [-0.1, -0.05) is 30.3 Å². The molecule has 0 unspecified atom stereocenters. The molecule has 7 nitrogen and oxygen atoms in total. The number of nitrogens with one attached hydrogen (secondary N) is 2. The Morgan fingerprint density at radius 3 is 2.39 bits per heavy atom. The van der Waals surface area contributed by atoms with Gasteiger partial charge in [0.15, 0.2) is 6.61 Å². The van der Waals surface area contributed by atoms with E-state index >= 15 is 0 Å². The molecule has 0 saturated carbocycles. The first-order valence-electron chi connectivity index (χ1n) is 8.23. The van der Waals surface area contributed by atoms with E-state index in [-0.39, 0.29) is 0 Å². The number of hydrogen-bond donors (Lipinski definition) is 2. The minimum atomic E-state index is -3.88. The van der Waals surface area contributed by atoms with Crippen molar-refractivity contribution in [1.29, 1.82) is 0 Å². The molecule has 2 aromatic rings. The van der Waals surface area contributed by atoms with Crippen LogP contribution in [-0.4, -0.2) is 32.9 Å². The van der Waals surface area contributed by atoms with Gasteiger partial charge in [-0.05, 0) is 42.8 Å². The summed E-state index contributed by atoms with van der Waals surface area (Å²) in [5, 5.41) is 3.36. The van der Waals surface area contributed by atoms with Gasteiger partial charge < -0.3 is 10.1 Å². The van der Waals surface area contributed by atoms with Crippen LogP contribution in [0.1, 0.15) is 12.5 Å². The Labute approximate surface area is 162 Å². The van der Waals surface area contributed by atoms with Crippen molar-refractivity contribution < 1.29 is 27.1 Å². The largest absolute Gasteiger partial charge is 0.454 e. The van der Waals surface area contributed by atoms with Crippen molar-refractivity contribution in [3.05, 3.63) is 71.4 Å². The zero-order valence-corrected chi connectivity index (χ0v) is 15.8. The van der Waals surface area contributed by atoms with Crippen LogP contribution in [0.5, 0.6) is 0 Å². The van der Waals surface area contributed by atoms with Crippen LogP contribution in [0, 0.1) is 5.82 Å². The van der Waals surface area contributed by atoms with Gasteiger partial charge in [0.2, 0.25) is 10.0 Å². The van der Waals surface area contributed by atoms with Gasteiger partial charge in [-0.2, -0.15) is 4.72 Å². The summed E-state index contributed by atoms with van der Waals surface area (Å²) in [6.07, 6.45) is 1.39. The molecule has 1 atom stereocenters. The van der Waals surface area contributed by atoms with Crippen LogP contribution >= 0.6 is 0 Å². The van der Waals surface area contributed by atoms with E-state index in [0.29, 0.717) is 11.3 Å². The summed E-state index contributed by atoms with van der Waals surface area (Å²) in [6.45, 7) is 0.691. The van der Waals surface area contributed by atoms with Gasteiger partial charge in [-0.25, -0.2) is 12.8 Å². The number of hydrogen-bond acceptors (Lipinski definition) is 5. The summed E-state index contributed by atoms with van der Waals surface area (Å²) < 4.78 is 43.8. The number of anilines is 1. The predicted octanol–water partition coefficient (Wildman–Crippen LogP) is 2.29. The average Bonchev–Trinajstić information content (AvgIpc) is 2.67. The minimum Gasteiger partial charge on any atom is -0.454 e. The number of carbonyl (C=O) groups excluding carboxylic acids is 2. The Balaban J connectivity index is 1.82. The molecule has 0 aromatic heterocycles. The number of halogens is 1. The van der Waals surface area contributed by atoms with Crippen molar-refractivity contribution in [2.45, 2.75) is 13.0 Å². The fraction of sp³-hybridized carbons (Fsp3) is 0.158. The number of amides is 1. The first kappa shape index (κ1) is 21.3. The summed E-state index contributed by atoms with van der Waals surface area (Å²) >= 11 is 0. The quantitative estimate of drug-likeness (QED) is 0.655. The van der Waals surface area contributed by atoms with Crippen LogP contribution in [-0.2, 0) is 24.3 Å². The third kappa shape index (κ3) is 7.29. The first-order valence-corrected chi connectivity index (χ1v) is 9.77. The van der Waals surface area contributed by atoms with Gasteiger partial charge in [-0.3, -0.25) is 9.59 Å². The topological polar surface area (TPSA) is 102 Å². The lowest BCUT2D eigenvalue weighted by molar-refractivity contribution is -0.148. The molecule has 0 saturated heterocycles. The van der Waals surface area contributed by atoms with E-state index in [9.17, 15) is 22.4 Å². The minimum absolute atomic E-state index is 0.335. The third-order valence-corrected chi connectivity index (χ3v) is 4.58.